The van der Waals surface area contributed by atoms with Crippen molar-refractivity contribution in [1.82, 2.24) is 5.32 Å². The van der Waals surface area contributed by atoms with Crippen LogP contribution in [0.15, 0.2) is 24.3 Å². The van der Waals surface area contributed by atoms with Crippen LogP contribution < -0.4 is 5.32 Å². The zero-order valence-corrected chi connectivity index (χ0v) is 35.7. The van der Waals surface area contributed by atoms with E-state index >= 15 is 0 Å². The standard InChI is InChI=1S/C48H93NO4/c1-3-5-7-9-11-13-15-17-18-19-20-21-22-23-24-25-26-27-28-29-30-31-33-35-37-39-41-43-47(52)48(53)49-45(44-50)46(51)42-40-38-36-34-32-16-14-12-10-8-6-4-2/h23-24,40,42,45-47,50-52H,3-22,25-39,41,43-44H2,1-2H3,(H,49,53)/b24-23-,42-40+. The average Bonchev–Trinajstić information content (AvgIpc) is 3.16. The lowest BCUT2D eigenvalue weighted by Gasteiger charge is -2.21. The Kier molecular flexibility index (Phi) is 42.6. The van der Waals surface area contributed by atoms with Crippen molar-refractivity contribution in [2.24, 2.45) is 0 Å². The van der Waals surface area contributed by atoms with Crippen molar-refractivity contribution < 1.29 is 20.1 Å². The molecule has 5 heteroatoms. The van der Waals surface area contributed by atoms with Crippen LogP contribution in [0.5, 0.6) is 0 Å². The normalized spacial score (nSPS) is 13.7. The molecule has 0 rings (SSSR count). The number of rotatable bonds is 43. The first-order chi connectivity index (χ1) is 26.1. The molecule has 53 heavy (non-hydrogen) atoms. The van der Waals surface area contributed by atoms with Crippen LogP contribution in [-0.4, -0.2) is 46.1 Å². The molecule has 0 fully saturated rings. The summed E-state index contributed by atoms with van der Waals surface area (Å²) < 4.78 is 0. The van der Waals surface area contributed by atoms with Crippen LogP contribution in [0.4, 0.5) is 0 Å². The fourth-order valence-corrected chi connectivity index (χ4v) is 7.30. The van der Waals surface area contributed by atoms with Gasteiger partial charge in [-0.15, -0.1) is 0 Å². The van der Waals surface area contributed by atoms with Crippen molar-refractivity contribution in [1.29, 1.82) is 0 Å². The molecule has 0 heterocycles. The Bertz CT molecular complexity index is 784. The number of carbonyl (C=O) groups excluding carboxylic acids is 1. The van der Waals surface area contributed by atoms with Gasteiger partial charge >= 0.3 is 0 Å². The number of aliphatic hydroxyl groups excluding tert-OH is 3. The lowest BCUT2D eigenvalue weighted by Crippen LogP contribution is -2.48. The minimum atomic E-state index is -1.10. The quantitative estimate of drug-likeness (QED) is 0.0369. The van der Waals surface area contributed by atoms with Crippen molar-refractivity contribution in [2.45, 2.75) is 270 Å². The summed E-state index contributed by atoms with van der Waals surface area (Å²) in [5, 5.41) is 33.1. The molecular weight excluding hydrogens is 655 g/mol. The summed E-state index contributed by atoms with van der Waals surface area (Å²) >= 11 is 0. The first-order valence-corrected chi connectivity index (χ1v) is 23.7. The number of hydrogen-bond donors (Lipinski definition) is 4. The molecule has 4 N–H and O–H groups in total. The van der Waals surface area contributed by atoms with Crippen LogP contribution in [0.2, 0.25) is 0 Å². The van der Waals surface area contributed by atoms with Gasteiger partial charge in [0.1, 0.15) is 6.10 Å². The van der Waals surface area contributed by atoms with Crippen molar-refractivity contribution in [3.63, 3.8) is 0 Å². The molecule has 0 aliphatic heterocycles. The number of unbranched alkanes of at least 4 members (excludes halogenated alkanes) is 33. The second kappa shape index (κ2) is 43.6. The third kappa shape index (κ3) is 38.9. The molecule has 0 aromatic rings. The van der Waals surface area contributed by atoms with Crippen LogP contribution in [0.1, 0.15) is 251 Å². The highest BCUT2D eigenvalue weighted by Crippen LogP contribution is 2.16. The first kappa shape index (κ1) is 51.8. The molecule has 0 spiro atoms. The minimum Gasteiger partial charge on any atom is -0.394 e. The summed E-state index contributed by atoms with van der Waals surface area (Å²) in [5.74, 6) is -0.503. The highest BCUT2D eigenvalue weighted by Gasteiger charge is 2.22. The maximum absolute atomic E-state index is 12.5. The third-order valence-corrected chi connectivity index (χ3v) is 11.0. The van der Waals surface area contributed by atoms with Gasteiger partial charge in [-0.3, -0.25) is 4.79 Å². The lowest BCUT2D eigenvalue weighted by atomic mass is 10.0. The summed E-state index contributed by atoms with van der Waals surface area (Å²) in [6.45, 7) is 4.18. The summed E-state index contributed by atoms with van der Waals surface area (Å²) in [7, 11) is 0. The van der Waals surface area contributed by atoms with Gasteiger partial charge in [0.15, 0.2) is 0 Å². The second-order valence-corrected chi connectivity index (χ2v) is 16.3. The Labute approximate surface area is 331 Å². The van der Waals surface area contributed by atoms with E-state index in [1.54, 1.807) is 6.08 Å². The molecule has 3 unspecified atom stereocenters. The largest absolute Gasteiger partial charge is 0.394 e. The Morgan fingerprint density at radius 1 is 0.453 bits per heavy atom. The van der Waals surface area contributed by atoms with Crippen LogP contribution in [0.25, 0.3) is 0 Å². The van der Waals surface area contributed by atoms with E-state index in [0.29, 0.717) is 6.42 Å². The van der Waals surface area contributed by atoms with E-state index in [1.165, 1.54) is 199 Å². The number of hydrogen-bond acceptors (Lipinski definition) is 4. The summed E-state index contributed by atoms with van der Waals surface area (Å²) in [6.07, 6.45) is 53.7. The predicted molar refractivity (Wildman–Crippen MR) is 231 cm³/mol. The van der Waals surface area contributed by atoms with Crippen LogP contribution in [0.3, 0.4) is 0 Å². The van der Waals surface area contributed by atoms with Crippen LogP contribution in [0, 0.1) is 0 Å². The number of carbonyl (C=O) groups is 1. The number of aliphatic hydroxyl groups is 3. The minimum absolute atomic E-state index is 0.362. The topological polar surface area (TPSA) is 89.8 Å². The predicted octanol–water partition coefficient (Wildman–Crippen LogP) is 13.8. The molecule has 0 saturated heterocycles. The molecule has 0 aliphatic rings. The average molecular weight is 748 g/mol. The fourth-order valence-electron chi connectivity index (χ4n) is 7.30. The zero-order chi connectivity index (χ0) is 38.7. The maximum Gasteiger partial charge on any atom is 0.249 e. The SMILES string of the molecule is CCCCCCCCCCCC/C=C/C(O)C(CO)NC(=O)C(O)CCCCCCCCCCCCC/C=C\CCCCCCCCCCCCCC. The molecule has 0 aliphatic carbocycles. The summed E-state index contributed by atoms with van der Waals surface area (Å²) in [5.41, 5.74) is 0. The molecule has 0 aromatic carbocycles. The van der Waals surface area contributed by atoms with Crippen molar-refractivity contribution in [3.05, 3.63) is 24.3 Å². The maximum atomic E-state index is 12.5. The van der Waals surface area contributed by atoms with Crippen LogP contribution in [-0.2, 0) is 4.79 Å². The van der Waals surface area contributed by atoms with E-state index in [1.807, 2.05) is 6.08 Å². The Hall–Kier alpha value is -1.17. The highest BCUT2D eigenvalue weighted by molar-refractivity contribution is 5.80. The van der Waals surface area contributed by atoms with Gasteiger partial charge in [0.25, 0.3) is 0 Å². The van der Waals surface area contributed by atoms with Crippen molar-refractivity contribution in [3.8, 4) is 0 Å². The number of allylic oxidation sites excluding steroid dienone is 3. The molecule has 3 atom stereocenters. The van der Waals surface area contributed by atoms with E-state index in [4.69, 9.17) is 0 Å². The number of amides is 1. The molecule has 0 aromatic heterocycles. The van der Waals surface area contributed by atoms with E-state index in [2.05, 4.69) is 31.3 Å². The van der Waals surface area contributed by atoms with Gasteiger partial charge in [-0.25, -0.2) is 0 Å². The van der Waals surface area contributed by atoms with Gasteiger partial charge < -0.3 is 20.6 Å². The Morgan fingerprint density at radius 2 is 0.755 bits per heavy atom. The van der Waals surface area contributed by atoms with Crippen LogP contribution >= 0.6 is 0 Å². The van der Waals surface area contributed by atoms with E-state index in [-0.39, 0.29) is 6.61 Å². The number of nitrogens with one attached hydrogen (secondary N) is 1. The molecular formula is C48H93NO4. The van der Waals surface area contributed by atoms with E-state index < -0.39 is 24.2 Å². The van der Waals surface area contributed by atoms with Gasteiger partial charge in [-0.1, -0.05) is 231 Å². The van der Waals surface area contributed by atoms with Gasteiger partial charge in [0.2, 0.25) is 5.91 Å². The molecule has 0 radical (unpaired) electrons. The lowest BCUT2D eigenvalue weighted by molar-refractivity contribution is -0.131. The van der Waals surface area contributed by atoms with Crippen molar-refractivity contribution in [2.75, 3.05) is 6.61 Å². The smallest absolute Gasteiger partial charge is 0.249 e. The summed E-state index contributed by atoms with van der Waals surface area (Å²) in [4.78, 5) is 12.5. The molecule has 0 saturated carbocycles. The third-order valence-electron chi connectivity index (χ3n) is 11.0. The van der Waals surface area contributed by atoms with E-state index in [9.17, 15) is 20.1 Å². The zero-order valence-electron chi connectivity index (χ0n) is 35.7. The molecule has 0 bridgehead atoms. The Morgan fingerprint density at radius 3 is 1.09 bits per heavy atom. The van der Waals surface area contributed by atoms with E-state index in [0.717, 1.165) is 32.1 Å². The molecule has 314 valence electrons. The van der Waals surface area contributed by atoms with Gasteiger partial charge in [-0.2, -0.15) is 0 Å². The van der Waals surface area contributed by atoms with Gasteiger partial charge in [-0.05, 0) is 44.9 Å². The molecule has 5 nitrogen and oxygen atoms in total. The Balaban J connectivity index is 3.56. The monoisotopic (exact) mass is 748 g/mol. The van der Waals surface area contributed by atoms with Crippen molar-refractivity contribution >= 4 is 5.91 Å². The second-order valence-electron chi connectivity index (χ2n) is 16.3. The molecule has 1 amide bonds. The van der Waals surface area contributed by atoms with Gasteiger partial charge in [0, 0.05) is 0 Å². The fraction of sp³-hybridized carbons (Fsp3) is 0.896. The van der Waals surface area contributed by atoms with Gasteiger partial charge in [0.05, 0.1) is 18.8 Å². The highest BCUT2D eigenvalue weighted by atomic mass is 16.3. The summed E-state index contributed by atoms with van der Waals surface area (Å²) in [6, 6.07) is -0.795. The first-order valence-electron chi connectivity index (χ1n) is 23.7.